The summed E-state index contributed by atoms with van der Waals surface area (Å²) in [6, 6.07) is 19.0. The predicted octanol–water partition coefficient (Wildman–Crippen LogP) is 3.39. The molecule has 0 aliphatic carbocycles. The third kappa shape index (κ3) is 3.68. The summed E-state index contributed by atoms with van der Waals surface area (Å²) in [6.45, 7) is 0. The van der Waals surface area contributed by atoms with E-state index in [0.29, 0.717) is 11.1 Å². The van der Waals surface area contributed by atoms with Gasteiger partial charge in [-0.1, -0.05) is 41.5 Å². The van der Waals surface area contributed by atoms with Crippen molar-refractivity contribution in [2.45, 2.75) is 4.90 Å². The normalized spacial score (nSPS) is 11.7. The van der Waals surface area contributed by atoms with Crippen LogP contribution in [0.15, 0.2) is 76.0 Å². The van der Waals surface area contributed by atoms with Crippen LogP contribution in [0.25, 0.3) is 22.2 Å². The average Bonchev–Trinajstić information content (AvgIpc) is 3.21. The molecule has 0 radical (unpaired) electrons. The van der Waals surface area contributed by atoms with Crippen LogP contribution in [0.4, 0.5) is 6.01 Å². The van der Waals surface area contributed by atoms with Crippen LogP contribution in [0.3, 0.4) is 0 Å². The molecule has 152 valence electrons. The van der Waals surface area contributed by atoms with Crippen LogP contribution in [-0.2, 0) is 10.0 Å². The number of hydrogen-bond acceptors (Lipinski definition) is 6. The highest BCUT2D eigenvalue weighted by atomic mass is 32.2. The second kappa shape index (κ2) is 7.69. The molecule has 1 N–H and O–H groups in total. The second-order valence-electron chi connectivity index (χ2n) is 6.71. The van der Waals surface area contributed by atoms with E-state index in [1.165, 1.54) is 26.2 Å². The fourth-order valence-electron chi connectivity index (χ4n) is 2.96. The molecular formula is C21H18N4O4S. The van der Waals surface area contributed by atoms with Gasteiger partial charge in [-0.2, -0.15) is 0 Å². The predicted molar refractivity (Wildman–Crippen MR) is 113 cm³/mol. The first-order valence-corrected chi connectivity index (χ1v) is 10.5. The van der Waals surface area contributed by atoms with E-state index in [9.17, 15) is 13.2 Å². The zero-order chi connectivity index (χ0) is 21.3. The number of nitrogens with zero attached hydrogens (tertiary/aromatic N) is 3. The molecule has 0 atom stereocenters. The van der Waals surface area contributed by atoms with E-state index in [0.717, 1.165) is 15.1 Å². The van der Waals surface area contributed by atoms with E-state index in [1.807, 2.05) is 30.3 Å². The number of fused-ring (bicyclic) bond motifs is 1. The molecule has 0 unspecified atom stereocenters. The molecule has 0 fully saturated rings. The van der Waals surface area contributed by atoms with Gasteiger partial charge in [0.15, 0.2) is 0 Å². The number of carbonyl (C=O) groups excluding carboxylic acids is 1. The summed E-state index contributed by atoms with van der Waals surface area (Å²) in [4.78, 5) is 12.8. The maximum Gasteiger partial charge on any atom is 0.322 e. The van der Waals surface area contributed by atoms with Gasteiger partial charge in [0, 0.05) is 25.2 Å². The van der Waals surface area contributed by atoms with Crippen LogP contribution >= 0.6 is 0 Å². The van der Waals surface area contributed by atoms with Crippen LogP contribution in [0.1, 0.15) is 10.4 Å². The van der Waals surface area contributed by atoms with E-state index < -0.39 is 10.0 Å². The van der Waals surface area contributed by atoms with Gasteiger partial charge in [-0.05, 0) is 41.1 Å². The van der Waals surface area contributed by atoms with Crippen molar-refractivity contribution in [1.82, 2.24) is 14.5 Å². The highest BCUT2D eigenvalue weighted by molar-refractivity contribution is 7.89. The molecule has 30 heavy (non-hydrogen) atoms. The van der Waals surface area contributed by atoms with E-state index >= 15 is 0 Å². The molecule has 0 spiro atoms. The summed E-state index contributed by atoms with van der Waals surface area (Å²) >= 11 is 0. The molecule has 0 aliphatic heterocycles. The zero-order valence-corrected chi connectivity index (χ0v) is 17.1. The van der Waals surface area contributed by atoms with Crippen molar-refractivity contribution < 1.29 is 17.6 Å². The third-order valence-corrected chi connectivity index (χ3v) is 6.39. The lowest BCUT2D eigenvalue weighted by Gasteiger charge is -2.11. The van der Waals surface area contributed by atoms with Crippen molar-refractivity contribution in [3.8, 4) is 11.5 Å². The van der Waals surface area contributed by atoms with Crippen LogP contribution in [0.5, 0.6) is 0 Å². The van der Waals surface area contributed by atoms with Crippen molar-refractivity contribution in [3.63, 3.8) is 0 Å². The lowest BCUT2D eigenvalue weighted by Crippen LogP contribution is -2.22. The van der Waals surface area contributed by atoms with Gasteiger partial charge in [0.2, 0.25) is 15.9 Å². The van der Waals surface area contributed by atoms with Crippen LogP contribution < -0.4 is 5.32 Å². The molecule has 3 aromatic carbocycles. The summed E-state index contributed by atoms with van der Waals surface area (Å²) < 4.78 is 31.0. The maximum absolute atomic E-state index is 12.7. The summed E-state index contributed by atoms with van der Waals surface area (Å²) in [5.74, 6) is -0.202. The molecule has 0 saturated carbocycles. The Bertz CT molecular complexity index is 1320. The molecule has 0 bridgehead atoms. The Morgan fingerprint density at radius 1 is 0.933 bits per heavy atom. The minimum absolute atomic E-state index is 0.0482. The minimum atomic E-state index is -3.53. The minimum Gasteiger partial charge on any atom is -0.403 e. The number of amides is 1. The molecule has 4 rings (SSSR count). The van der Waals surface area contributed by atoms with E-state index in [2.05, 4.69) is 15.5 Å². The number of carbonyl (C=O) groups is 1. The molecule has 8 nitrogen and oxygen atoms in total. The van der Waals surface area contributed by atoms with Crippen molar-refractivity contribution >= 4 is 32.7 Å². The maximum atomic E-state index is 12.7. The van der Waals surface area contributed by atoms with Gasteiger partial charge in [-0.15, -0.1) is 5.10 Å². The average molecular weight is 422 g/mol. The van der Waals surface area contributed by atoms with Crippen molar-refractivity contribution in [3.05, 3.63) is 72.3 Å². The Balaban J connectivity index is 1.55. The summed E-state index contributed by atoms with van der Waals surface area (Å²) in [5.41, 5.74) is 1.02. The van der Waals surface area contributed by atoms with Gasteiger partial charge in [-0.25, -0.2) is 12.7 Å². The van der Waals surface area contributed by atoms with Gasteiger partial charge in [-0.3, -0.25) is 10.1 Å². The largest absolute Gasteiger partial charge is 0.403 e. The van der Waals surface area contributed by atoms with E-state index in [-0.39, 0.29) is 22.7 Å². The zero-order valence-electron chi connectivity index (χ0n) is 16.2. The Morgan fingerprint density at radius 3 is 2.37 bits per heavy atom. The van der Waals surface area contributed by atoms with Gasteiger partial charge in [0.25, 0.3) is 5.91 Å². The number of benzene rings is 3. The topological polar surface area (TPSA) is 105 Å². The highest BCUT2D eigenvalue weighted by Crippen LogP contribution is 2.24. The van der Waals surface area contributed by atoms with Crippen LogP contribution in [0.2, 0.25) is 0 Å². The Kier molecular flexibility index (Phi) is 5.06. The van der Waals surface area contributed by atoms with Gasteiger partial charge < -0.3 is 4.42 Å². The fraction of sp³-hybridized carbons (Fsp3) is 0.0952. The van der Waals surface area contributed by atoms with Crippen LogP contribution in [0, 0.1) is 0 Å². The van der Waals surface area contributed by atoms with Gasteiger partial charge >= 0.3 is 6.01 Å². The summed E-state index contributed by atoms with van der Waals surface area (Å²) in [7, 11) is -0.597. The molecule has 1 amide bonds. The number of anilines is 1. The van der Waals surface area contributed by atoms with E-state index in [4.69, 9.17) is 4.42 Å². The third-order valence-electron chi connectivity index (χ3n) is 4.56. The Hall–Kier alpha value is -3.56. The Morgan fingerprint density at radius 2 is 1.63 bits per heavy atom. The van der Waals surface area contributed by atoms with Crippen molar-refractivity contribution in [2.24, 2.45) is 0 Å². The molecule has 9 heteroatoms. The summed E-state index contributed by atoms with van der Waals surface area (Å²) in [6.07, 6.45) is 0. The highest BCUT2D eigenvalue weighted by Gasteiger charge is 2.18. The first-order chi connectivity index (χ1) is 14.4. The lowest BCUT2D eigenvalue weighted by atomic mass is 10.0. The van der Waals surface area contributed by atoms with Crippen molar-refractivity contribution in [2.75, 3.05) is 19.4 Å². The molecule has 0 saturated heterocycles. The quantitative estimate of drug-likeness (QED) is 0.528. The molecule has 4 aromatic rings. The fourth-order valence-corrected chi connectivity index (χ4v) is 3.86. The smallest absolute Gasteiger partial charge is 0.322 e. The monoisotopic (exact) mass is 422 g/mol. The van der Waals surface area contributed by atoms with Crippen molar-refractivity contribution in [1.29, 1.82) is 0 Å². The standard InChI is InChI=1S/C21H18N4O4S/c1-25(2)30(27,28)16-12-10-15(11-13-16)20-23-24-21(29-20)22-19(26)18-9-5-7-14-6-3-4-8-17(14)18/h3-13H,1-2H3,(H,22,24,26). The second-order valence-corrected chi connectivity index (χ2v) is 8.86. The number of aromatic nitrogens is 2. The molecule has 1 aromatic heterocycles. The summed E-state index contributed by atoms with van der Waals surface area (Å²) in [5, 5.41) is 12.2. The molecule has 1 heterocycles. The van der Waals surface area contributed by atoms with Gasteiger partial charge in [0.1, 0.15) is 0 Å². The van der Waals surface area contributed by atoms with Crippen LogP contribution in [-0.4, -0.2) is 42.9 Å². The Labute approximate surface area is 173 Å². The van der Waals surface area contributed by atoms with Gasteiger partial charge in [0.05, 0.1) is 4.90 Å². The molecular weight excluding hydrogens is 404 g/mol. The SMILES string of the molecule is CN(C)S(=O)(=O)c1ccc(-c2nnc(NC(=O)c3cccc4ccccc34)o2)cc1. The first kappa shape index (κ1) is 19.7. The number of hydrogen-bond donors (Lipinski definition) is 1. The number of rotatable bonds is 5. The molecule has 0 aliphatic rings. The number of nitrogens with one attached hydrogen (secondary N) is 1. The van der Waals surface area contributed by atoms with E-state index in [1.54, 1.807) is 24.3 Å². The lowest BCUT2D eigenvalue weighted by molar-refractivity contribution is 0.102. The first-order valence-electron chi connectivity index (χ1n) is 9.02. The number of sulfonamides is 1.